The molecule has 1 amide bonds. The molecule has 1 heterocycles. The molecule has 6 heteroatoms. The lowest BCUT2D eigenvalue weighted by atomic mass is 10.0. The van der Waals surface area contributed by atoms with E-state index in [1.807, 2.05) is 26.0 Å². The van der Waals surface area contributed by atoms with Crippen molar-refractivity contribution >= 4 is 23.1 Å². The lowest BCUT2D eigenvalue weighted by Crippen LogP contribution is -2.32. The van der Waals surface area contributed by atoms with E-state index < -0.39 is 0 Å². The highest BCUT2D eigenvalue weighted by Crippen LogP contribution is 2.37. The minimum atomic E-state index is -0.367. The average molecular weight is 401 g/mol. The third kappa shape index (κ3) is 4.90. The number of halogens is 2. The molecule has 0 radical (unpaired) electrons. The Kier molecular flexibility index (Phi) is 7.19. The van der Waals surface area contributed by atoms with Gasteiger partial charge < -0.3 is 10.0 Å². The Balaban J connectivity index is 0.00000136. The third-order valence-corrected chi connectivity index (χ3v) is 4.66. The second kappa shape index (κ2) is 9.38. The van der Waals surface area contributed by atoms with Crippen molar-refractivity contribution in [1.29, 1.82) is 5.26 Å². The van der Waals surface area contributed by atoms with Gasteiger partial charge in [0, 0.05) is 30.1 Å². The van der Waals surface area contributed by atoms with Crippen molar-refractivity contribution in [2.75, 3.05) is 6.54 Å². The zero-order chi connectivity index (χ0) is 20.8. The summed E-state index contributed by atoms with van der Waals surface area (Å²) < 4.78 is 14.3. The number of rotatable bonds is 4. The normalized spacial score (nSPS) is 15.8. The smallest absolute Gasteiger partial charge is 0.223 e. The molecule has 3 rings (SSSR count). The zero-order valence-electron chi connectivity index (χ0n) is 15.8. The monoisotopic (exact) mass is 400 g/mol. The molecule has 0 aromatic heterocycles. The Hall–Kier alpha value is -2.84. The molecule has 0 saturated heterocycles. The minimum Gasteiger partial charge on any atom is -0.508 e. The van der Waals surface area contributed by atoms with Crippen LogP contribution in [0.25, 0.3) is 5.57 Å². The van der Waals surface area contributed by atoms with Crippen LogP contribution in [0.5, 0.6) is 5.75 Å². The van der Waals surface area contributed by atoms with Crippen LogP contribution in [0.2, 0.25) is 5.02 Å². The Labute approximate surface area is 169 Å². The molecule has 1 unspecified atom stereocenters. The summed E-state index contributed by atoms with van der Waals surface area (Å²) in [5.74, 6) is -0.00989. The molecule has 28 heavy (non-hydrogen) atoms. The Morgan fingerprint density at radius 3 is 2.68 bits per heavy atom. The maximum Gasteiger partial charge on any atom is 0.223 e. The van der Waals surface area contributed by atoms with Crippen molar-refractivity contribution in [2.24, 2.45) is 5.92 Å². The zero-order valence-corrected chi connectivity index (χ0v) is 16.5. The van der Waals surface area contributed by atoms with Gasteiger partial charge in [-0.3, -0.25) is 4.79 Å². The first-order valence-corrected chi connectivity index (χ1v) is 9.23. The van der Waals surface area contributed by atoms with E-state index in [2.05, 4.69) is 6.57 Å². The topological polar surface area (TPSA) is 64.3 Å². The predicted octanol–water partition coefficient (Wildman–Crippen LogP) is 5.34. The van der Waals surface area contributed by atoms with Crippen LogP contribution in [0.1, 0.15) is 37.4 Å². The molecule has 0 bridgehead atoms. The lowest BCUT2D eigenvalue weighted by molar-refractivity contribution is -0.132. The van der Waals surface area contributed by atoms with E-state index in [4.69, 9.17) is 16.9 Å². The van der Waals surface area contributed by atoms with Crippen LogP contribution >= 0.6 is 11.6 Å². The molecule has 0 aliphatic carbocycles. The van der Waals surface area contributed by atoms with Crippen molar-refractivity contribution in [3.63, 3.8) is 0 Å². The van der Waals surface area contributed by atoms with E-state index in [0.717, 1.165) is 11.1 Å². The second-order valence-corrected chi connectivity index (χ2v) is 7.41. The number of nitrogens with zero attached hydrogens (tertiary/aromatic N) is 2. The van der Waals surface area contributed by atoms with Crippen LogP contribution in [0.3, 0.4) is 0 Å². The fraction of sp³-hybridized carbons (Fsp3) is 0.273. The number of nitriles is 1. The van der Waals surface area contributed by atoms with Gasteiger partial charge in [0.2, 0.25) is 5.91 Å². The standard InChI is InChI=1S/C21H21ClFNO2.CHN/c1-13(2)8-21(26)24-12-15(18-11-16(22)6-7-19(18)23)10-20(24)14-4-3-5-17(25)9-14;1-2/h3-7,9-11,13,20,25H,8,12H2,1-2H3;1H. The van der Waals surface area contributed by atoms with Gasteiger partial charge in [-0.1, -0.05) is 43.7 Å². The summed E-state index contributed by atoms with van der Waals surface area (Å²) in [4.78, 5) is 14.5. The SMILES string of the molecule is C#N.CC(C)CC(=O)N1CC(c2cc(Cl)ccc2F)=CC1c1cccc(O)c1. The summed E-state index contributed by atoms with van der Waals surface area (Å²) >= 11 is 6.03. The lowest BCUT2D eigenvalue weighted by Gasteiger charge is -2.26. The molecule has 146 valence electrons. The number of benzene rings is 2. The van der Waals surface area contributed by atoms with Gasteiger partial charge >= 0.3 is 0 Å². The number of aromatic hydroxyl groups is 1. The van der Waals surface area contributed by atoms with Crippen molar-refractivity contribution in [3.05, 3.63) is 70.5 Å². The first kappa shape index (κ1) is 21.5. The van der Waals surface area contributed by atoms with Gasteiger partial charge in [0.15, 0.2) is 0 Å². The quantitative estimate of drug-likeness (QED) is 0.753. The third-order valence-electron chi connectivity index (χ3n) is 4.42. The van der Waals surface area contributed by atoms with Gasteiger partial charge in [0.1, 0.15) is 11.6 Å². The van der Waals surface area contributed by atoms with Crippen molar-refractivity contribution in [3.8, 4) is 12.3 Å². The molecule has 0 saturated carbocycles. The number of phenolic OH excluding ortho intramolecular Hbond substituents is 1. The summed E-state index contributed by atoms with van der Waals surface area (Å²) in [6.07, 6.45) is 2.29. The summed E-state index contributed by atoms with van der Waals surface area (Å²) in [7, 11) is 0. The van der Waals surface area contributed by atoms with E-state index in [1.54, 1.807) is 29.2 Å². The van der Waals surface area contributed by atoms with Crippen LogP contribution in [0.15, 0.2) is 48.5 Å². The summed E-state index contributed by atoms with van der Waals surface area (Å²) in [5, 5.41) is 16.8. The van der Waals surface area contributed by atoms with Crippen LogP contribution in [-0.4, -0.2) is 22.5 Å². The first-order chi connectivity index (χ1) is 13.3. The second-order valence-electron chi connectivity index (χ2n) is 6.98. The molecule has 4 nitrogen and oxygen atoms in total. The van der Waals surface area contributed by atoms with Crippen LogP contribution < -0.4 is 0 Å². The molecule has 1 N–H and O–H groups in total. The number of amides is 1. The number of hydrogen-bond acceptors (Lipinski definition) is 3. The molecule has 2 aromatic rings. The summed E-state index contributed by atoms with van der Waals surface area (Å²) in [6.45, 7) is 7.79. The van der Waals surface area contributed by atoms with Crippen LogP contribution in [-0.2, 0) is 4.79 Å². The van der Waals surface area contributed by atoms with E-state index in [-0.39, 0.29) is 29.4 Å². The molecule has 1 aliphatic rings. The van der Waals surface area contributed by atoms with Gasteiger partial charge in [-0.25, -0.2) is 9.65 Å². The van der Waals surface area contributed by atoms with Gasteiger partial charge in [-0.15, -0.1) is 0 Å². The largest absolute Gasteiger partial charge is 0.508 e. The van der Waals surface area contributed by atoms with E-state index >= 15 is 0 Å². The highest BCUT2D eigenvalue weighted by atomic mass is 35.5. The molecule has 0 fully saturated rings. The van der Waals surface area contributed by atoms with Gasteiger partial charge in [-0.2, -0.15) is 0 Å². The molecule has 1 atom stereocenters. The Morgan fingerprint density at radius 1 is 1.32 bits per heavy atom. The fourth-order valence-corrected chi connectivity index (χ4v) is 3.40. The van der Waals surface area contributed by atoms with E-state index in [0.29, 0.717) is 23.6 Å². The molecular weight excluding hydrogens is 379 g/mol. The number of carbonyl (C=O) groups is 1. The summed E-state index contributed by atoms with van der Waals surface area (Å²) in [6, 6.07) is 10.9. The van der Waals surface area contributed by atoms with Crippen LogP contribution in [0, 0.1) is 23.6 Å². The van der Waals surface area contributed by atoms with Crippen LogP contribution in [0.4, 0.5) is 4.39 Å². The number of carbonyl (C=O) groups excluding carboxylic acids is 1. The fourth-order valence-electron chi connectivity index (χ4n) is 3.23. The maximum absolute atomic E-state index is 14.3. The highest BCUT2D eigenvalue weighted by Gasteiger charge is 2.31. The predicted molar refractivity (Wildman–Crippen MR) is 108 cm³/mol. The first-order valence-electron chi connectivity index (χ1n) is 8.85. The van der Waals surface area contributed by atoms with Crippen molar-refractivity contribution in [2.45, 2.75) is 26.3 Å². The minimum absolute atomic E-state index is 0.00188. The van der Waals surface area contributed by atoms with Crippen molar-refractivity contribution in [1.82, 2.24) is 4.90 Å². The Bertz CT molecular complexity index is 908. The molecular formula is C22H22ClFN2O2. The van der Waals surface area contributed by atoms with Gasteiger partial charge in [-0.05, 0) is 47.4 Å². The van der Waals surface area contributed by atoms with E-state index in [1.165, 1.54) is 12.1 Å². The molecule has 0 spiro atoms. The average Bonchev–Trinajstić information content (AvgIpc) is 3.10. The number of phenols is 1. The maximum atomic E-state index is 14.3. The Morgan fingerprint density at radius 2 is 2.04 bits per heavy atom. The molecule has 2 aromatic carbocycles. The van der Waals surface area contributed by atoms with Crippen molar-refractivity contribution < 1.29 is 14.3 Å². The molecule has 1 aliphatic heterocycles. The number of hydrogen-bond donors (Lipinski definition) is 1. The summed E-state index contributed by atoms with van der Waals surface area (Å²) in [5.41, 5.74) is 1.91. The van der Waals surface area contributed by atoms with Gasteiger partial charge in [0.05, 0.1) is 6.04 Å². The van der Waals surface area contributed by atoms with E-state index in [9.17, 15) is 14.3 Å². The van der Waals surface area contributed by atoms with Gasteiger partial charge in [0.25, 0.3) is 0 Å². The highest BCUT2D eigenvalue weighted by molar-refractivity contribution is 6.30.